The number of unbranched alkanes of at least 4 members (excludes halogenated alkanes) is 53. The van der Waals surface area contributed by atoms with E-state index in [-0.39, 0.29) is 18.5 Å². The summed E-state index contributed by atoms with van der Waals surface area (Å²) in [5.41, 5.74) is 0. The summed E-state index contributed by atoms with van der Waals surface area (Å²) in [4.78, 5) is 24.6. The molecule has 2 unspecified atom stereocenters. The molecule has 2 atom stereocenters. The molecule has 6 heteroatoms. The summed E-state index contributed by atoms with van der Waals surface area (Å²) in [5.74, 6) is -0.0168. The molecule has 3 N–H and O–H groups in total. The van der Waals surface area contributed by atoms with Crippen molar-refractivity contribution in [1.82, 2.24) is 5.32 Å². The van der Waals surface area contributed by atoms with Crippen molar-refractivity contribution in [2.45, 2.75) is 424 Å². The maximum atomic E-state index is 12.5. The van der Waals surface area contributed by atoms with Gasteiger partial charge in [0.2, 0.25) is 5.91 Å². The van der Waals surface area contributed by atoms with E-state index < -0.39 is 12.1 Å². The van der Waals surface area contributed by atoms with Crippen LogP contribution >= 0.6 is 0 Å². The summed E-state index contributed by atoms with van der Waals surface area (Å²) in [5, 5.41) is 23.3. The molecule has 0 aliphatic rings. The maximum Gasteiger partial charge on any atom is 0.305 e. The summed E-state index contributed by atoms with van der Waals surface area (Å²) in [6, 6.07) is -0.539. The monoisotopic (exact) mass is 1150 g/mol. The molecule has 484 valence electrons. The number of hydrogen-bond acceptors (Lipinski definition) is 5. The normalized spacial score (nSPS) is 12.7. The zero-order valence-electron chi connectivity index (χ0n) is 55.5. The maximum absolute atomic E-state index is 12.5. The fraction of sp³-hybridized carbons (Fsp3) is 0.895. The van der Waals surface area contributed by atoms with E-state index in [2.05, 4.69) is 55.6 Å². The molecule has 82 heavy (non-hydrogen) atoms. The Morgan fingerprint density at radius 2 is 0.610 bits per heavy atom. The van der Waals surface area contributed by atoms with Crippen molar-refractivity contribution in [1.29, 1.82) is 0 Å². The molecule has 6 nitrogen and oxygen atoms in total. The molecule has 0 spiro atoms. The molecular formula is C76H145NO5. The Morgan fingerprint density at radius 1 is 0.341 bits per heavy atom. The van der Waals surface area contributed by atoms with Crippen LogP contribution in [0, 0.1) is 0 Å². The molecule has 0 saturated heterocycles. The predicted molar refractivity (Wildman–Crippen MR) is 361 cm³/mol. The number of amides is 1. The lowest BCUT2D eigenvalue weighted by Crippen LogP contribution is -2.45. The first kappa shape index (κ1) is 80.1. The van der Waals surface area contributed by atoms with E-state index in [1.807, 2.05) is 0 Å². The number of hydrogen-bond donors (Lipinski definition) is 3. The average molecular weight is 1150 g/mol. The van der Waals surface area contributed by atoms with Crippen molar-refractivity contribution in [2.75, 3.05) is 13.2 Å². The van der Waals surface area contributed by atoms with E-state index in [0.29, 0.717) is 25.9 Å². The first-order valence-corrected chi connectivity index (χ1v) is 37.2. The van der Waals surface area contributed by atoms with Crippen LogP contribution in [0.4, 0.5) is 0 Å². The zero-order valence-corrected chi connectivity index (χ0v) is 55.5. The van der Waals surface area contributed by atoms with E-state index in [9.17, 15) is 19.8 Å². The van der Waals surface area contributed by atoms with Crippen LogP contribution in [0.3, 0.4) is 0 Å². The van der Waals surface area contributed by atoms with Gasteiger partial charge in [-0.05, 0) is 83.5 Å². The summed E-state index contributed by atoms with van der Waals surface area (Å²) in [6.07, 6.45) is 92.2. The Hall–Kier alpha value is -1.92. The quantitative estimate of drug-likeness (QED) is 0.0320. The third-order valence-electron chi connectivity index (χ3n) is 17.4. The third kappa shape index (κ3) is 67.2. The number of rotatable bonds is 70. The second-order valence-corrected chi connectivity index (χ2v) is 25.6. The lowest BCUT2D eigenvalue weighted by atomic mass is 10.0. The number of ether oxygens (including phenoxy) is 1. The Kier molecular flexibility index (Phi) is 69.9. The van der Waals surface area contributed by atoms with E-state index in [0.717, 1.165) is 51.4 Å². The van der Waals surface area contributed by atoms with Crippen LogP contribution in [-0.4, -0.2) is 47.4 Å². The fourth-order valence-electron chi connectivity index (χ4n) is 11.7. The summed E-state index contributed by atoms with van der Waals surface area (Å²) >= 11 is 0. The predicted octanol–water partition coefficient (Wildman–Crippen LogP) is 24.3. The smallest absolute Gasteiger partial charge is 0.305 e. The van der Waals surface area contributed by atoms with Crippen molar-refractivity contribution in [3.05, 3.63) is 36.5 Å². The van der Waals surface area contributed by atoms with Crippen LogP contribution in [0.1, 0.15) is 412 Å². The van der Waals surface area contributed by atoms with Crippen molar-refractivity contribution < 1.29 is 24.5 Å². The van der Waals surface area contributed by atoms with Crippen LogP contribution in [0.25, 0.3) is 0 Å². The molecule has 0 aromatic heterocycles. The van der Waals surface area contributed by atoms with E-state index in [1.54, 1.807) is 0 Å². The molecule has 0 heterocycles. The number of aliphatic hydroxyl groups excluding tert-OH is 2. The number of carbonyl (C=O) groups excluding carboxylic acids is 2. The van der Waals surface area contributed by atoms with Gasteiger partial charge >= 0.3 is 5.97 Å². The Morgan fingerprint density at radius 3 is 0.939 bits per heavy atom. The van der Waals surface area contributed by atoms with Crippen LogP contribution in [0.2, 0.25) is 0 Å². The number of esters is 1. The molecule has 1 amide bonds. The average Bonchev–Trinajstić information content (AvgIpc) is 3.48. The molecule has 0 aromatic carbocycles. The third-order valence-corrected chi connectivity index (χ3v) is 17.4. The van der Waals surface area contributed by atoms with Crippen LogP contribution in [0.5, 0.6) is 0 Å². The van der Waals surface area contributed by atoms with Gasteiger partial charge in [0.1, 0.15) is 0 Å². The van der Waals surface area contributed by atoms with Gasteiger partial charge < -0.3 is 20.3 Å². The first-order chi connectivity index (χ1) is 40.5. The Bertz CT molecular complexity index is 1330. The highest BCUT2D eigenvalue weighted by Crippen LogP contribution is 2.19. The van der Waals surface area contributed by atoms with Gasteiger partial charge in [0.05, 0.1) is 25.4 Å². The summed E-state index contributed by atoms with van der Waals surface area (Å²) in [7, 11) is 0. The van der Waals surface area contributed by atoms with Gasteiger partial charge in [0, 0.05) is 12.8 Å². The molecule has 0 saturated carbocycles. The lowest BCUT2D eigenvalue weighted by Gasteiger charge is -2.22. The van der Waals surface area contributed by atoms with Crippen molar-refractivity contribution in [2.24, 2.45) is 0 Å². The number of allylic oxidation sites excluding steroid dienone is 6. The van der Waals surface area contributed by atoms with Gasteiger partial charge in [-0.25, -0.2) is 0 Å². The molecular weight excluding hydrogens is 1010 g/mol. The van der Waals surface area contributed by atoms with E-state index >= 15 is 0 Å². The SMILES string of the molecule is CCCCCCCC/C=C\CCCCCCCCCC(=O)OCCCCCCCCCCCCC/C=C\C/C=C\CCCCCCCCCCCCCCCCCCCC(=O)NC(CO)C(O)CCCCCCCCCCCCCCC. The topological polar surface area (TPSA) is 95.9 Å². The highest BCUT2D eigenvalue weighted by molar-refractivity contribution is 5.76. The molecule has 0 aliphatic heterocycles. The second-order valence-electron chi connectivity index (χ2n) is 25.6. The number of carbonyl (C=O) groups is 2. The van der Waals surface area contributed by atoms with Gasteiger partial charge in [-0.3, -0.25) is 9.59 Å². The summed E-state index contributed by atoms with van der Waals surface area (Å²) in [6.45, 7) is 4.97. The van der Waals surface area contributed by atoms with Crippen molar-refractivity contribution >= 4 is 11.9 Å². The molecule has 0 aromatic rings. The van der Waals surface area contributed by atoms with Crippen molar-refractivity contribution in [3.63, 3.8) is 0 Å². The fourth-order valence-corrected chi connectivity index (χ4v) is 11.7. The molecule has 0 rings (SSSR count). The molecule has 0 fully saturated rings. The zero-order chi connectivity index (χ0) is 59.2. The van der Waals surface area contributed by atoms with Gasteiger partial charge in [-0.2, -0.15) is 0 Å². The van der Waals surface area contributed by atoms with Crippen molar-refractivity contribution in [3.8, 4) is 0 Å². The van der Waals surface area contributed by atoms with Gasteiger partial charge in [0.15, 0.2) is 0 Å². The van der Waals surface area contributed by atoms with Gasteiger partial charge in [-0.15, -0.1) is 0 Å². The highest BCUT2D eigenvalue weighted by atomic mass is 16.5. The van der Waals surface area contributed by atoms with E-state index in [4.69, 9.17) is 4.74 Å². The Balaban J connectivity index is 3.35. The minimum absolute atomic E-state index is 0.0139. The molecule has 0 radical (unpaired) electrons. The van der Waals surface area contributed by atoms with Gasteiger partial charge in [-0.1, -0.05) is 352 Å². The van der Waals surface area contributed by atoms with E-state index in [1.165, 1.54) is 327 Å². The highest BCUT2D eigenvalue weighted by Gasteiger charge is 2.20. The Labute approximate surface area is 513 Å². The minimum Gasteiger partial charge on any atom is -0.466 e. The number of aliphatic hydroxyl groups is 2. The lowest BCUT2D eigenvalue weighted by molar-refractivity contribution is -0.143. The molecule has 0 aliphatic carbocycles. The summed E-state index contributed by atoms with van der Waals surface area (Å²) < 4.78 is 5.50. The van der Waals surface area contributed by atoms with Crippen LogP contribution in [0.15, 0.2) is 36.5 Å². The van der Waals surface area contributed by atoms with Crippen LogP contribution < -0.4 is 5.32 Å². The largest absolute Gasteiger partial charge is 0.466 e. The standard InChI is InChI=1S/C76H145NO5/c1-3-5-7-9-11-13-15-17-18-38-42-46-50-54-58-62-66-70-76(81)82-71-67-63-59-55-51-47-43-40-37-35-33-31-29-27-25-23-21-19-20-22-24-26-28-30-32-34-36-39-41-45-49-53-57-61-65-69-75(80)77-73(72-78)74(79)68-64-60-56-52-48-44-16-14-12-10-8-6-4-2/h17-18,21,23,27,29,73-74,78-79H,3-16,19-20,22,24-26,28,30-72H2,1-2H3,(H,77,80)/b18-17-,23-21-,29-27-. The number of nitrogens with one attached hydrogen (secondary N) is 1. The van der Waals surface area contributed by atoms with Gasteiger partial charge in [0.25, 0.3) is 0 Å². The van der Waals surface area contributed by atoms with Crippen LogP contribution in [-0.2, 0) is 14.3 Å². The first-order valence-electron chi connectivity index (χ1n) is 37.2. The molecule has 0 bridgehead atoms. The second kappa shape index (κ2) is 71.6. The minimum atomic E-state index is -0.662.